The molecule has 1 atom stereocenters. The second-order valence-electron chi connectivity index (χ2n) is 7.30. The highest BCUT2D eigenvalue weighted by Crippen LogP contribution is 2.35. The summed E-state index contributed by atoms with van der Waals surface area (Å²) < 4.78 is 54.0. The summed E-state index contributed by atoms with van der Waals surface area (Å²) in [6.07, 6.45) is 1.24. The van der Waals surface area contributed by atoms with Gasteiger partial charge in [-0.25, -0.2) is 13.2 Å². The van der Waals surface area contributed by atoms with Crippen molar-refractivity contribution in [3.8, 4) is 0 Å². The van der Waals surface area contributed by atoms with Gasteiger partial charge in [0.2, 0.25) is 10.7 Å². The summed E-state index contributed by atoms with van der Waals surface area (Å²) in [4.78, 5) is 25.6. The maximum atomic E-state index is 13.6. The molecule has 0 aromatic heterocycles. The van der Waals surface area contributed by atoms with Gasteiger partial charge in [-0.05, 0) is 53.6 Å². The molecule has 0 radical (unpaired) electrons. The molecular formula is C24H17F3N2O3S. The highest BCUT2D eigenvalue weighted by molar-refractivity contribution is 7.97. The number of rotatable bonds is 4. The molecule has 0 spiro atoms. The van der Waals surface area contributed by atoms with E-state index in [1.807, 2.05) is 0 Å². The van der Waals surface area contributed by atoms with E-state index in [0.717, 1.165) is 12.1 Å². The zero-order valence-corrected chi connectivity index (χ0v) is 18.1. The van der Waals surface area contributed by atoms with Crippen molar-refractivity contribution in [2.24, 2.45) is 0 Å². The van der Waals surface area contributed by atoms with E-state index in [1.165, 1.54) is 53.8 Å². The summed E-state index contributed by atoms with van der Waals surface area (Å²) in [7, 11) is 1.52. The Morgan fingerprint density at radius 1 is 1.03 bits per heavy atom. The Hall–Kier alpha value is -3.56. The van der Waals surface area contributed by atoms with Crippen LogP contribution in [-0.2, 0) is 17.9 Å². The predicted octanol–water partition coefficient (Wildman–Crippen LogP) is 4.37. The van der Waals surface area contributed by atoms with Gasteiger partial charge in [-0.15, -0.1) is 0 Å². The van der Waals surface area contributed by atoms with Crippen molar-refractivity contribution < 1.29 is 27.3 Å². The van der Waals surface area contributed by atoms with Gasteiger partial charge in [-0.1, -0.05) is 18.2 Å². The summed E-state index contributed by atoms with van der Waals surface area (Å²) in [6.45, 7) is 0.162. The first-order valence-electron chi connectivity index (χ1n) is 9.78. The second-order valence-corrected chi connectivity index (χ2v) is 8.78. The van der Waals surface area contributed by atoms with Crippen LogP contribution < -0.4 is 9.62 Å². The lowest BCUT2D eigenvalue weighted by molar-refractivity contribution is 0.0951. The molecule has 0 saturated carbocycles. The van der Waals surface area contributed by atoms with Gasteiger partial charge in [0, 0.05) is 18.2 Å². The summed E-state index contributed by atoms with van der Waals surface area (Å²) in [5, 5.41) is 2.70. The highest BCUT2D eigenvalue weighted by Gasteiger charge is 2.38. The van der Waals surface area contributed by atoms with Crippen molar-refractivity contribution in [3.63, 3.8) is 0 Å². The molecule has 0 fully saturated rings. The van der Waals surface area contributed by atoms with E-state index in [2.05, 4.69) is 5.32 Å². The lowest BCUT2D eigenvalue weighted by atomic mass is 10.0. The fourth-order valence-corrected chi connectivity index (χ4v) is 4.48. The lowest BCUT2D eigenvalue weighted by Gasteiger charge is -2.29. The Morgan fingerprint density at radius 2 is 1.76 bits per heavy atom. The van der Waals surface area contributed by atoms with Crippen molar-refractivity contribution in [2.45, 2.75) is 6.54 Å². The number of halogens is 3. The van der Waals surface area contributed by atoms with Gasteiger partial charge >= 0.3 is 0 Å². The van der Waals surface area contributed by atoms with Gasteiger partial charge in [0.1, 0.15) is 17.2 Å². The van der Waals surface area contributed by atoms with Crippen molar-refractivity contribution >= 4 is 34.8 Å². The Morgan fingerprint density at radius 3 is 2.45 bits per heavy atom. The molecule has 33 heavy (non-hydrogen) atoms. The van der Waals surface area contributed by atoms with Crippen LogP contribution in [0.5, 0.6) is 0 Å². The molecule has 3 aromatic carbocycles. The molecular weight excluding hydrogens is 453 g/mol. The number of hydrogen-bond donors (Lipinski definition) is 1. The third-order valence-corrected chi connectivity index (χ3v) is 6.48. The van der Waals surface area contributed by atoms with E-state index in [0.29, 0.717) is 11.3 Å². The normalized spacial score (nSPS) is 16.6. The van der Waals surface area contributed by atoms with Crippen molar-refractivity contribution in [1.29, 1.82) is 0 Å². The largest absolute Gasteiger partial charge is 0.588 e. The van der Waals surface area contributed by atoms with E-state index < -0.39 is 34.7 Å². The number of nitrogens with one attached hydrogen (secondary N) is 1. The topological polar surface area (TPSA) is 72.5 Å². The average Bonchev–Trinajstić information content (AvgIpc) is 2.81. The van der Waals surface area contributed by atoms with Gasteiger partial charge in [0.25, 0.3) is 5.91 Å². The van der Waals surface area contributed by atoms with Crippen LogP contribution in [0.15, 0.2) is 65.6 Å². The zero-order valence-electron chi connectivity index (χ0n) is 17.3. The SMILES string of the molecule is CN1c2ccc(C(=O)NCc3ccc(F)cc3)cc2C(=O)/C(=C/c2ccc(F)c(F)c2)[S+]1[O-]. The van der Waals surface area contributed by atoms with Gasteiger partial charge in [0.15, 0.2) is 11.6 Å². The molecule has 1 aliphatic heterocycles. The maximum absolute atomic E-state index is 13.6. The van der Waals surface area contributed by atoms with Crippen LogP contribution in [0.4, 0.5) is 18.9 Å². The van der Waals surface area contributed by atoms with Gasteiger partial charge in [0.05, 0.1) is 18.3 Å². The van der Waals surface area contributed by atoms with Crippen LogP contribution in [0.2, 0.25) is 0 Å². The molecule has 5 nitrogen and oxygen atoms in total. The number of amides is 1. The molecule has 3 aromatic rings. The van der Waals surface area contributed by atoms with Gasteiger partial charge in [-0.3, -0.25) is 9.59 Å². The zero-order chi connectivity index (χ0) is 23.7. The van der Waals surface area contributed by atoms with Crippen molar-refractivity contribution in [1.82, 2.24) is 5.32 Å². The fraction of sp³-hybridized carbons (Fsp3) is 0.0833. The molecule has 0 bridgehead atoms. The molecule has 1 amide bonds. The third-order valence-electron chi connectivity index (χ3n) is 5.11. The minimum atomic E-state index is -1.88. The molecule has 1 heterocycles. The molecule has 1 aliphatic rings. The Balaban J connectivity index is 1.61. The molecule has 4 rings (SSSR count). The number of Topliss-reactive ketones (excluding diaryl/α,β-unsaturated/α-hetero) is 1. The van der Waals surface area contributed by atoms with Crippen LogP contribution in [0, 0.1) is 17.5 Å². The minimum Gasteiger partial charge on any atom is -0.588 e. The monoisotopic (exact) mass is 470 g/mol. The predicted molar refractivity (Wildman–Crippen MR) is 119 cm³/mol. The summed E-state index contributed by atoms with van der Waals surface area (Å²) in [5.74, 6) is -3.54. The lowest BCUT2D eigenvalue weighted by Crippen LogP contribution is -2.36. The van der Waals surface area contributed by atoms with Crippen LogP contribution >= 0.6 is 0 Å². The second kappa shape index (κ2) is 9.13. The average molecular weight is 470 g/mol. The smallest absolute Gasteiger partial charge is 0.251 e. The van der Waals surface area contributed by atoms with Gasteiger partial charge < -0.3 is 9.87 Å². The quantitative estimate of drug-likeness (QED) is 0.454. The Kier molecular flexibility index (Phi) is 6.26. The van der Waals surface area contributed by atoms with Crippen LogP contribution in [0.1, 0.15) is 31.8 Å². The van der Waals surface area contributed by atoms with E-state index in [1.54, 1.807) is 12.1 Å². The number of carbonyl (C=O) groups is 2. The number of carbonyl (C=O) groups excluding carboxylic acids is 2. The Labute approximate surface area is 190 Å². The van der Waals surface area contributed by atoms with Crippen LogP contribution in [-0.4, -0.2) is 23.3 Å². The van der Waals surface area contributed by atoms with E-state index in [-0.39, 0.29) is 34.0 Å². The van der Waals surface area contributed by atoms with Crippen molar-refractivity contribution in [2.75, 3.05) is 11.4 Å². The Bertz CT molecular complexity index is 1280. The number of allylic oxidation sites excluding steroid dienone is 1. The number of nitrogens with zero attached hydrogens (tertiary/aromatic N) is 1. The van der Waals surface area contributed by atoms with Gasteiger partial charge in [-0.2, -0.15) is 4.31 Å². The first-order valence-corrected chi connectivity index (χ1v) is 10.9. The van der Waals surface area contributed by atoms with E-state index in [9.17, 15) is 27.3 Å². The van der Waals surface area contributed by atoms with Crippen molar-refractivity contribution in [3.05, 3.63) is 105 Å². The minimum absolute atomic E-state index is 0.125. The highest BCUT2D eigenvalue weighted by atomic mass is 32.2. The number of hydrogen-bond acceptors (Lipinski definition) is 4. The molecule has 0 aliphatic carbocycles. The van der Waals surface area contributed by atoms with Crippen LogP contribution in [0.25, 0.3) is 6.08 Å². The first-order chi connectivity index (χ1) is 15.7. The maximum Gasteiger partial charge on any atom is 0.251 e. The number of benzene rings is 3. The molecule has 168 valence electrons. The molecule has 0 saturated heterocycles. The first kappa shape index (κ1) is 22.6. The molecule has 9 heteroatoms. The standard InChI is InChI=1S/C24H17F3N2O3S/c1-29-21-9-5-16(24(31)28-13-14-2-6-17(25)7-3-14)12-18(21)23(30)22(33(29)32)11-15-4-8-19(26)20(27)10-15/h2-12H,13H2,1H3,(H,28,31)/b22-11-. The number of anilines is 1. The molecule has 1 unspecified atom stereocenters. The third kappa shape index (κ3) is 4.64. The summed E-state index contributed by atoms with van der Waals surface area (Å²) >= 11 is -1.88. The fourth-order valence-electron chi connectivity index (χ4n) is 3.34. The van der Waals surface area contributed by atoms with Crippen LogP contribution in [0.3, 0.4) is 0 Å². The number of ketones is 1. The van der Waals surface area contributed by atoms with E-state index >= 15 is 0 Å². The summed E-state index contributed by atoms with van der Waals surface area (Å²) in [6, 6.07) is 13.2. The molecule has 1 N–H and O–H groups in total. The van der Waals surface area contributed by atoms with E-state index in [4.69, 9.17) is 0 Å². The number of fused-ring (bicyclic) bond motifs is 1. The summed E-state index contributed by atoms with van der Waals surface area (Å²) in [5.41, 5.74) is 1.61.